The Balaban J connectivity index is 1.96. The van der Waals surface area contributed by atoms with Gasteiger partial charge in [-0.25, -0.2) is 4.98 Å². The van der Waals surface area contributed by atoms with E-state index in [1.165, 1.54) is 11.3 Å². The maximum absolute atomic E-state index is 9.29. The van der Waals surface area contributed by atoms with Crippen LogP contribution in [0.25, 0.3) is 10.9 Å². The van der Waals surface area contributed by atoms with E-state index in [0.717, 1.165) is 20.1 Å². The van der Waals surface area contributed by atoms with Crippen LogP contribution in [0.15, 0.2) is 42.5 Å². The maximum atomic E-state index is 9.29. The van der Waals surface area contributed by atoms with Crippen molar-refractivity contribution in [2.75, 3.05) is 5.32 Å². The molecule has 0 spiro atoms. The van der Waals surface area contributed by atoms with E-state index in [1.807, 2.05) is 43.3 Å². The number of para-hydroxylation sites is 1. The number of hydrogen-bond acceptors (Lipinski definition) is 4. The number of halogens is 1. The second-order valence-electron chi connectivity index (χ2n) is 4.69. The SMILES string of the molecule is CC(Nc1cc(C#N)c2ccccc2n1)c1ccc(Cl)s1. The van der Waals surface area contributed by atoms with E-state index in [0.29, 0.717) is 11.4 Å². The molecule has 3 aromatic rings. The molecule has 1 unspecified atom stereocenters. The van der Waals surface area contributed by atoms with E-state index < -0.39 is 0 Å². The lowest BCUT2D eigenvalue weighted by Crippen LogP contribution is -2.06. The molecule has 2 aromatic heterocycles. The van der Waals surface area contributed by atoms with Crippen LogP contribution in [0.4, 0.5) is 5.82 Å². The van der Waals surface area contributed by atoms with Crippen molar-refractivity contribution in [2.45, 2.75) is 13.0 Å². The number of rotatable bonds is 3. The molecule has 0 saturated carbocycles. The van der Waals surface area contributed by atoms with Gasteiger partial charge in [-0.05, 0) is 31.2 Å². The molecule has 0 amide bonds. The molecule has 5 heteroatoms. The number of benzene rings is 1. The van der Waals surface area contributed by atoms with Gasteiger partial charge in [-0.1, -0.05) is 29.8 Å². The Hall–Kier alpha value is -2.09. The first-order valence-corrected chi connectivity index (χ1v) is 7.68. The highest BCUT2D eigenvalue weighted by molar-refractivity contribution is 7.16. The second kappa shape index (κ2) is 5.72. The first kappa shape index (κ1) is 13.9. The molecule has 0 bridgehead atoms. The van der Waals surface area contributed by atoms with Crippen LogP contribution in [-0.4, -0.2) is 4.98 Å². The third-order valence-corrected chi connectivity index (χ3v) is 4.64. The number of pyridine rings is 1. The van der Waals surface area contributed by atoms with Crippen molar-refractivity contribution >= 4 is 39.7 Å². The molecular formula is C16H12ClN3S. The molecule has 1 atom stereocenters. The molecule has 1 N–H and O–H groups in total. The van der Waals surface area contributed by atoms with Gasteiger partial charge in [0.05, 0.1) is 27.5 Å². The summed E-state index contributed by atoms with van der Waals surface area (Å²) in [6, 6.07) is 15.6. The summed E-state index contributed by atoms with van der Waals surface area (Å²) in [4.78, 5) is 5.70. The first-order chi connectivity index (χ1) is 10.2. The molecule has 0 aliphatic carbocycles. The highest BCUT2D eigenvalue weighted by atomic mass is 35.5. The van der Waals surface area contributed by atoms with Crippen LogP contribution in [-0.2, 0) is 0 Å². The van der Waals surface area contributed by atoms with Crippen molar-refractivity contribution in [3.8, 4) is 6.07 Å². The molecule has 0 radical (unpaired) electrons. The Morgan fingerprint density at radius 2 is 2.10 bits per heavy atom. The second-order valence-corrected chi connectivity index (χ2v) is 6.44. The number of hydrogen-bond donors (Lipinski definition) is 1. The molecule has 0 fully saturated rings. The lowest BCUT2D eigenvalue weighted by molar-refractivity contribution is 0.898. The molecule has 1 aromatic carbocycles. The monoisotopic (exact) mass is 313 g/mol. The minimum atomic E-state index is 0.0858. The van der Waals surface area contributed by atoms with Crippen molar-refractivity contribution in [3.05, 3.63) is 57.2 Å². The number of nitriles is 1. The van der Waals surface area contributed by atoms with Crippen LogP contribution >= 0.6 is 22.9 Å². The zero-order valence-corrected chi connectivity index (χ0v) is 12.9. The summed E-state index contributed by atoms with van der Waals surface area (Å²) in [5.74, 6) is 0.697. The summed E-state index contributed by atoms with van der Waals surface area (Å²) in [6.45, 7) is 2.05. The van der Waals surface area contributed by atoms with Crippen LogP contribution in [0.1, 0.15) is 23.4 Å². The number of thiophene rings is 1. The lowest BCUT2D eigenvalue weighted by atomic mass is 10.1. The van der Waals surface area contributed by atoms with Gasteiger partial charge < -0.3 is 5.32 Å². The summed E-state index contributed by atoms with van der Waals surface area (Å²) in [5.41, 5.74) is 1.44. The molecular weight excluding hydrogens is 302 g/mol. The molecule has 21 heavy (non-hydrogen) atoms. The number of nitrogens with zero attached hydrogens (tertiary/aromatic N) is 2. The molecule has 2 heterocycles. The van der Waals surface area contributed by atoms with Gasteiger partial charge in [0.15, 0.2) is 0 Å². The average Bonchev–Trinajstić information content (AvgIpc) is 2.93. The fourth-order valence-electron chi connectivity index (χ4n) is 2.20. The lowest BCUT2D eigenvalue weighted by Gasteiger charge is -2.14. The van der Waals surface area contributed by atoms with Gasteiger partial charge in [0.1, 0.15) is 5.82 Å². The Kier molecular flexibility index (Phi) is 3.78. The topological polar surface area (TPSA) is 48.7 Å². The van der Waals surface area contributed by atoms with E-state index in [2.05, 4.69) is 16.4 Å². The van der Waals surface area contributed by atoms with E-state index in [1.54, 1.807) is 6.07 Å². The van der Waals surface area contributed by atoms with Crippen LogP contribution in [0.3, 0.4) is 0 Å². The van der Waals surface area contributed by atoms with E-state index in [-0.39, 0.29) is 6.04 Å². The van der Waals surface area contributed by atoms with Gasteiger partial charge in [0.2, 0.25) is 0 Å². The first-order valence-electron chi connectivity index (χ1n) is 6.49. The van der Waals surface area contributed by atoms with Gasteiger partial charge >= 0.3 is 0 Å². The van der Waals surface area contributed by atoms with Gasteiger partial charge in [-0.15, -0.1) is 11.3 Å². The van der Waals surface area contributed by atoms with Gasteiger partial charge in [0.25, 0.3) is 0 Å². The number of fused-ring (bicyclic) bond motifs is 1. The minimum absolute atomic E-state index is 0.0858. The maximum Gasteiger partial charge on any atom is 0.128 e. The summed E-state index contributed by atoms with van der Waals surface area (Å²) in [5, 5.41) is 13.5. The molecule has 104 valence electrons. The molecule has 3 rings (SSSR count). The normalized spacial score (nSPS) is 12.0. The fourth-order valence-corrected chi connectivity index (χ4v) is 3.26. The van der Waals surface area contributed by atoms with E-state index in [9.17, 15) is 5.26 Å². The quantitative estimate of drug-likeness (QED) is 0.740. The van der Waals surface area contributed by atoms with Crippen molar-refractivity contribution in [3.63, 3.8) is 0 Å². The van der Waals surface area contributed by atoms with Gasteiger partial charge in [-0.3, -0.25) is 0 Å². The Bertz CT molecular complexity index is 835. The van der Waals surface area contributed by atoms with Crippen LogP contribution < -0.4 is 5.32 Å². The zero-order valence-electron chi connectivity index (χ0n) is 11.3. The Morgan fingerprint density at radius 3 is 2.81 bits per heavy atom. The predicted octanol–water partition coefficient (Wildman–Crippen LogP) is 4.99. The molecule has 0 aliphatic heterocycles. The van der Waals surface area contributed by atoms with Crippen LogP contribution in [0.5, 0.6) is 0 Å². The van der Waals surface area contributed by atoms with Crippen LogP contribution in [0, 0.1) is 11.3 Å². The van der Waals surface area contributed by atoms with E-state index in [4.69, 9.17) is 11.6 Å². The average molecular weight is 314 g/mol. The molecule has 0 saturated heterocycles. The summed E-state index contributed by atoms with van der Waals surface area (Å²) in [7, 11) is 0. The number of aromatic nitrogens is 1. The number of nitrogens with one attached hydrogen (secondary N) is 1. The van der Waals surface area contributed by atoms with Crippen molar-refractivity contribution in [1.82, 2.24) is 4.98 Å². The predicted molar refractivity (Wildman–Crippen MR) is 87.8 cm³/mol. The van der Waals surface area contributed by atoms with Crippen molar-refractivity contribution in [2.24, 2.45) is 0 Å². The largest absolute Gasteiger partial charge is 0.363 e. The third-order valence-electron chi connectivity index (χ3n) is 3.22. The molecule has 3 nitrogen and oxygen atoms in total. The van der Waals surface area contributed by atoms with Crippen LogP contribution in [0.2, 0.25) is 4.34 Å². The molecule has 0 aliphatic rings. The fraction of sp³-hybridized carbons (Fsp3) is 0.125. The van der Waals surface area contributed by atoms with Gasteiger partial charge in [-0.2, -0.15) is 5.26 Å². The highest BCUT2D eigenvalue weighted by Gasteiger charge is 2.11. The smallest absolute Gasteiger partial charge is 0.128 e. The van der Waals surface area contributed by atoms with Crippen molar-refractivity contribution < 1.29 is 0 Å². The number of anilines is 1. The summed E-state index contributed by atoms with van der Waals surface area (Å²) >= 11 is 7.50. The summed E-state index contributed by atoms with van der Waals surface area (Å²) < 4.78 is 0.767. The van der Waals surface area contributed by atoms with E-state index >= 15 is 0 Å². The van der Waals surface area contributed by atoms with Crippen molar-refractivity contribution in [1.29, 1.82) is 5.26 Å². The Morgan fingerprint density at radius 1 is 1.29 bits per heavy atom. The summed E-state index contributed by atoms with van der Waals surface area (Å²) in [6.07, 6.45) is 0. The standard InChI is InChI=1S/C16H12ClN3S/c1-10(14-6-7-15(17)21-14)19-16-8-11(9-18)12-4-2-3-5-13(12)20-16/h2-8,10H,1H3,(H,19,20). The minimum Gasteiger partial charge on any atom is -0.363 e. The highest BCUT2D eigenvalue weighted by Crippen LogP contribution is 2.29. The third kappa shape index (κ3) is 2.85. The zero-order chi connectivity index (χ0) is 14.8. The van der Waals surface area contributed by atoms with Gasteiger partial charge in [0, 0.05) is 10.3 Å². The Labute approximate surface area is 131 Å².